The molecule has 7 heteroatoms. The molecule has 0 saturated carbocycles. The molecule has 0 aliphatic rings. The molecule has 2 rings (SSSR count). The molecule has 18 heavy (non-hydrogen) atoms. The van der Waals surface area contributed by atoms with Crippen molar-refractivity contribution < 1.29 is 4.79 Å². The van der Waals surface area contributed by atoms with Crippen molar-refractivity contribution in [1.29, 1.82) is 0 Å². The molecular formula is C11H11Cl2N3OS. The molecule has 0 aliphatic heterocycles. The van der Waals surface area contributed by atoms with E-state index in [1.807, 2.05) is 0 Å². The fraction of sp³-hybridized carbons (Fsp3) is 0.364. The molecule has 0 fully saturated rings. The van der Waals surface area contributed by atoms with Crippen molar-refractivity contribution in [3.05, 3.63) is 28.7 Å². The third kappa shape index (κ3) is 2.63. The number of thioether (sulfide) groups is 1. The van der Waals surface area contributed by atoms with Gasteiger partial charge in [-0.2, -0.15) is 11.8 Å². The zero-order valence-corrected chi connectivity index (χ0v) is 12.2. The Hall–Kier alpha value is -0.780. The number of rotatable bonds is 4. The summed E-state index contributed by atoms with van der Waals surface area (Å²) in [7, 11) is 0. The van der Waals surface area contributed by atoms with Gasteiger partial charge >= 0.3 is 0 Å². The highest BCUT2D eigenvalue weighted by Crippen LogP contribution is 2.24. The van der Waals surface area contributed by atoms with Crippen LogP contribution in [0.5, 0.6) is 0 Å². The summed E-state index contributed by atoms with van der Waals surface area (Å²) in [4.78, 5) is 11.2. The van der Waals surface area contributed by atoms with E-state index in [2.05, 4.69) is 24.0 Å². The first-order valence-corrected chi connectivity index (χ1v) is 7.14. The monoisotopic (exact) mass is 303 g/mol. The zero-order chi connectivity index (χ0) is 13.3. The second-order valence-corrected chi connectivity index (χ2v) is 6.27. The number of pyridine rings is 1. The molecule has 0 saturated heterocycles. The molecule has 0 N–H and O–H groups in total. The topological polar surface area (TPSA) is 47.3 Å². The summed E-state index contributed by atoms with van der Waals surface area (Å²) in [5.74, 6) is 1.54. The lowest BCUT2D eigenvalue weighted by Crippen LogP contribution is -1.98. The average molecular weight is 304 g/mol. The smallest absolute Gasteiger partial charge is 0.254 e. The van der Waals surface area contributed by atoms with Crippen LogP contribution >= 0.6 is 35.0 Å². The van der Waals surface area contributed by atoms with E-state index in [-0.39, 0.29) is 10.6 Å². The zero-order valence-electron chi connectivity index (χ0n) is 9.85. The van der Waals surface area contributed by atoms with Crippen LogP contribution in [0.3, 0.4) is 0 Å². The molecule has 0 aromatic carbocycles. The Labute approximate surface area is 119 Å². The van der Waals surface area contributed by atoms with Crippen molar-refractivity contribution in [1.82, 2.24) is 14.6 Å². The van der Waals surface area contributed by atoms with Crippen LogP contribution in [0.4, 0.5) is 0 Å². The Morgan fingerprint density at radius 1 is 1.50 bits per heavy atom. The molecule has 0 unspecified atom stereocenters. The highest BCUT2D eigenvalue weighted by Gasteiger charge is 2.15. The fourth-order valence-corrected chi connectivity index (χ4v) is 2.63. The van der Waals surface area contributed by atoms with E-state index < -0.39 is 5.24 Å². The van der Waals surface area contributed by atoms with E-state index >= 15 is 0 Å². The van der Waals surface area contributed by atoms with Crippen molar-refractivity contribution in [3.8, 4) is 0 Å². The number of carbonyl (C=O) groups is 1. The summed E-state index contributed by atoms with van der Waals surface area (Å²) < 4.78 is 1.78. The Morgan fingerprint density at radius 2 is 2.22 bits per heavy atom. The van der Waals surface area contributed by atoms with Crippen LogP contribution in [0.2, 0.25) is 5.02 Å². The van der Waals surface area contributed by atoms with Crippen molar-refractivity contribution in [3.63, 3.8) is 0 Å². The second kappa shape index (κ2) is 5.47. The normalized spacial score (nSPS) is 11.4. The molecule has 2 heterocycles. The summed E-state index contributed by atoms with van der Waals surface area (Å²) in [6, 6.07) is 1.58. The van der Waals surface area contributed by atoms with Gasteiger partial charge in [0.2, 0.25) is 0 Å². The SMILES string of the molecule is CC(C)SCc1nnc2c(Cl)c(C(=O)Cl)ccn12. The van der Waals surface area contributed by atoms with Gasteiger partial charge in [-0.25, -0.2) is 0 Å². The first kappa shape index (κ1) is 13.6. The van der Waals surface area contributed by atoms with Gasteiger partial charge in [0.1, 0.15) is 5.82 Å². The predicted octanol–water partition coefficient (Wildman–Crippen LogP) is 3.40. The largest absolute Gasteiger partial charge is 0.284 e. The van der Waals surface area contributed by atoms with Gasteiger partial charge in [0.25, 0.3) is 5.24 Å². The lowest BCUT2D eigenvalue weighted by Gasteiger charge is -2.04. The minimum atomic E-state index is -0.594. The molecular weight excluding hydrogens is 293 g/mol. The van der Waals surface area contributed by atoms with Crippen molar-refractivity contribution in [2.75, 3.05) is 0 Å². The number of halogens is 2. The van der Waals surface area contributed by atoms with E-state index in [1.54, 1.807) is 28.4 Å². The first-order chi connectivity index (χ1) is 8.50. The molecule has 2 aromatic rings. The van der Waals surface area contributed by atoms with Crippen LogP contribution < -0.4 is 0 Å². The van der Waals surface area contributed by atoms with Crippen molar-refractivity contribution in [2.45, 2.75) is 24.9 Å². The Bertz CT molecular complexity index is 597. The standard InChI is InChI=1S/C11H11Cl2N3OS/c1-6(2)18-5-8-14-15-11-9(12)7(10(13)17)3-4-16(8)11/h3-4,6H,5H2,1-2H3. The molecule has 2 aromatic heterocycles. The minimum absolute atomic E-state index is 0.241. The van der Waals surface area contributed by atoms with Gasteiger partial charge in [0, 0.05) is 6.20 Å². The van der Waals surface area contributed by atoms with Crippen molar-refractivity contribution >= 4 is 45.9 Å². The highest BCUT2D eigenvalue weighted by atomic mass is 35.5. The molecule has 0 atom stereocenters. The number of nitrogens with zero attached hydrogens (tertiary/aromatic N) is 3. The first-order valence-electron chi connectivity index (χ1n) is 5.34. The summed E-state index contributed by atoms with van der Waals surface area (Å²) in [6.07, 6.45) is 1.72. The van der Waals surface area contributed by atoms with Gasteiger partial charge in [-0.15, -0.1) is 10.2 Å². The quantitative estimate of drug-likeness (QED) is 0.812. The number of fused-ring (bicyclic) bond motifs is 1. The van der Waals surface area contributed by atoms with Gasteiger partial charge in [0.05, 0.1) is 16.3 Å². The van der Waals surface area contributed by atoms with E-state index in [0.717, 1.165) is 11.6 Å². The predicted molar refractivity (Wildman–Crippen MR) is 74.6 cm³/mol. The van der Waals surface area contributed by atoms with Gasteiger partial charge in [0.15, 0.2) is 5.65 Å². The summed E-state index contributed by atoms with van der Waals surface area (Å²) in [6.45, 7) is 4.23. The van der Waals surface area contributed by atoms with Crippen LogP contribution in [0.1, 0.15) is 30.0 Å². The molecule has 0 bridgehead atoms. The molecule has 0 spiro atoms. The molecule has 0 radical (unpaired) electrons. The number of carbonyl (C=O) groups excluding carboxylic acids is 1. The van der Waals surface area contributed by atoms with Crippen LogP contribution in [-0.4, -0.2) is 25.1 Å². The molecule has 0 amide bonds. The molecule has 0 aliphatic carbocycles. The third-order valence-electron chi connectivity index (χ3n) is 2.35. The van der Waals surface area contributed by atoms with E-state index in [1.165, 1.54) is 0 Å². The van der Waals surface area contributed by atoms with Crippen molar-refractivity contribution in [2.24, 2.45) is 0 Å². The maximum Gasteiger partial charge on any atom is 0.254 e. The lowest BCUT2D eigenvalue weighted by molar-refractivity contribution is 0.108. The highest BCUT2D eigenvalue weighted by molar-refractivity contribution is 7.99. The van der Waals surface area contributed by atoms with Gasteiger partial charge in [-0.05, 0) is 22.9 Å². The Balaban J connectivity index is 2.43. The van der Waals surface area contributed by atoms with Gasteiger partial charge in [-0.3, -0.25) is 9.20 Å². The maximum atomic E-state index is 11.2. The summed E-state index contributed by atoms with van der Waals surface area (Å²) >= 11 is 13.3. The van der Waals surface area contributed by atoms with E-state index in [0.29, 0.717) is 10.9 Å². The average Bonchev–Trinajstić information content (AvgIpc) is 2.70. The maximum absolute atomic E-state index is 11.2. The lowest BCUT2D eigenvalue weighted by atomic mass is 10.3. The van der Waals surface area contributed by atoms with Crippen LogP contribution in [0, 0.1) is 0 Å². The Morgan fingerprint density at radius 3 is 2.83 bits per heavy atom. The van der Waals surface area contributed by atoms with Crippen LogP contribution in [0.25, 0.3) is 5.65 Å². The summed E-state index contributed by atoms with van der Waals surface area (Å²) in [5.41, 5.74) is 0.712. The van der Waals surface area contributed by atoms with E-state index in [9.17, 15) is 4.79 Å². The Kier molecular flexibility index (Phi) is 4.14. The minimum Gasteiger partial charge on any atom is -0.284 e. The molecule has 4 nitrogen and oxygen atoms in total. The number of aromatic nitrogens is 3. The number of hydrogen-bond acceptors (Lipinski definition) is 4. The molecule has 96 valence electrons. The van der Waals surface area contributed by atoms with E-state index in [4.69, 9.17) is 23.2 Å². The van der Waals surface area contributed by atoms with Gasteiger partial charge < -0.3 is 0 Å². The number of hydrogen-bond donors (Lipinski definition) is 0. The summed E-state index contributed by atoms with van der Waals surface area (Å²) in [5, 5.41) is 8.24. The second-order valence-electron chi connectivity index (χ2n) is 3.99. The van der Waals surface area contributed by atoms with Crippen LogP contribution in [-0.2, 0) is 5.75 Å². The van der Waals surface area contributed by atoms with Crippen LogP contribution in [0.15, 0.2) is 12.3 Å². The fourth-order valence-electron chi connectivity index (χ4n) is 1.46. The third-order valence-corrected chi connectivity index (χ3v) is 4.01. The van der Waals surface area contributed by atoms with Gasteiger partial charge in [-0.1, -0.05) is 25.4 Å².